The van der Waals surface area contributed by atoms with Gasteiger partial charge in [0.2, 0.25) is 0 Å². The van der Waals surface area contributed by atoms with Gasteiger partial charge in [0, 0.05) is 4.47 Å². The number of amides is 1. The van der Waals surface area contributed by atoms with E-state index in [1.165, 1.54) is 32.1 Å². The van der Waals surface area contributed by atoms with Gasteiger partial charge in [0.05, 0.1) is 12.8 Å². The number of nitrogens with one attached hydrogen (secondary N) is 1. The first-order chi connectivity index (χ1) is 18.1. The maximum Gasteiger partial charge on any atom is 0.277 e. The molecule has 196 valence electrons. The molecule has 0 saturated heterocycles. The first-order valence-corrected chi connectivity index (χ1v) is 13.6. The fraction of sp³-hybridized carbons (Fsp3) is 0.333. The molecule has 0 bridgehead atoms. The van der Waals surface area contributed by atoms with E-state index < -0.39 is 0 Å². The molecule has 0 aromatic heterocycles. The van der Waals surface area contributed by atoms with Gasteiger partial charge in [-0.15, -0.1) is 0 Å². The van der Waals surface area contributed by atoms with E-state index in [1.807, 2.05) is 60.7 Å². The molecule has 37 heavy (non-hydrogen) atoms. The summed E-state index contributed by atoms with van der Waals surface area (Å²) in [5.41, 5.74) is 4.36. The molecule has 0 saturated carbocycles. The fourth-order valence-corrected chi connectivity index (χ4v) is 3.99. The molecule has 0 spiro atoms. The minimum Gasteiger partial charge on any atom is -0.494 e. The fourth-order valence-electron chi connectivity index (χ4n) is 3.54. The van der Waals surface area contributed by atoms with Crippen LogP contribution in [0, 0.1) is 0 Å². The summed E-state index contributed by atoms with van der Waals surface area (Å²) in [4.78, 5) is 12.1. The lowest BCUT2D eigenvalue weighted by molar-refractivity contribution is -0.123. The summed E-state index contributed by atoms with van der Waals surface area (Å²) >= 11 is 3.46. The zero-order valence-electron chi connectivity index (χ0n) is 21.3. The smallest absolute Gasteiger partial charge is 0.277 e. The van der Waals surface area contributed by atoms with Gasteiger partial charge < -0.3 is 14.2 Å². The highest BCUT2D eigenvalue weighted by Crippen LogP contribution is 2.19. The highest BCUT2D eigenvalue weighted by atomic mass is 79.9. The van der Waals surface area contributed by atoms with Gasteiger partial charge in [-0.05, 0) is 66.1 Å². The Labute approximate surface area is 228 Å². The summed E-state index contributed by atoms with van der Waals surface area (Å²) in [5.74, 6) is 1.78. The van der Waals surface area contributed by atoms with Crippen LogP contribution in [0.2, 0.25) is 0 Å². The van der Waals surface area contributed by atoms with Crippen molar-refractivity contribution in [3.63, 3.8) is 0 Å². The number of hydrogen-bond acceptors (Lipinski definition) is 5. The van der Waals surface area contributed by atoms with E-state index in [2.05, 4.69) is 33.4 Å². The number of hydrogen-bond donors (Lipinski definition) is 1. The average molecular weight is 568 g/mol. The van der Waals surface area contributed by atoms with Crippen LogP contribution in [-0.2, 0) is 11.4 Å². The van der Waals surface area contributed by atoms with Crippen molar-refractivity contribution in [2.24, 2.45) is 5.10 Å². The van der Waals surface area contributed by atoms with Crippen LogP contribution in [0.1, 0.15) is 56.6 Å². The van der Waals surface area contributed by atoms with Gasteiger partial charge in [-0.25, -0.2) is 5.43 Å². The second-order valence-corrected chi connectivity index (χ2v) is 9.58. The van der Waals surface area contributed by atoms with E-state index in [9.17, 15) is 4.79 Å². The number of carbonyl (C=O) groups excluding carboxylic acids is 1. The van der Waals surface area contributed by atoms with E-state index in [-0.39, 0.29) is 12.5 Å². The largest absolute Gasteiger partial charge is 0.494 e. The number of unbranched alkanes of at least 4 members (excludes halogenated alkanes) is 5. The van der Waals surface area contributed by atoms with Crippen LogP contribution < -0.4 is 19.6 Å². The Balaban J connectivity index is 1.33. The van der Waals surface area contributed by atoms with E-state index in [0.29, 0.717) is 19.0 Å². The number of rotatable bonds is 16. The molecule has 6 nitrogen and oxygen atoms in total. The molecular formula is C30H35BrN2O4. The lowest BCUT2D eigenvalue weighted by Gasteiger charge is -2.08. The number of halogens is 1. The number of hydrazone groups is 1. The van der Waals surface area contributed by atoms with Gasteiger partial charge in [0.25, 0.3) is 5.91 Å². The molecule has 3 aromatic carbocycles. The second-order valence-electron chi connectivity index (χ2n) is 8.66. The molecule has 0 unspecified atom stereocenters. The van der Waals surface area contributed by atoms with Gasteiger partial charge in [-0.1, -0.05) is 79.2 Å². The molecule has 7 heteroatoms. The summed E-state index contributed by atoms with van der Waals surface area (Å²) in [5, 5.41) is 4.02. The van der Waals surface area contributed by atoms with Crippen LogP contribution >= 0.6 is 15.9 Å². The van der Waals surface area contributed by atoms with Crippen molar-refractivity contribution >= 4 is 28.1 Å². The Bertz CT molecular complexity index is 1120. The van der Waals surface area contributed by atoms with E-state index >= 15 is 0 Å². The lowest BCUT2D eigenvalue weighted by Crippen LogP contribution is -2.24. The van der Waals surface area contributed by atoms with E-state index in [4.69, 9.17) is 14.2 Å². The first kappa shape index (κ1) is 28.3. The predicted octanol–water partition coefficient (Wildman–Crippen LogP) is 7.30. The molecule has 3 rings (SSSR count). The molecule has 0 atom stereocenters. The minimum absolute atomic E-state index is 0.134. The van der Waals surface area contributed by atoms with Crippen molar-refractivity contribution in [3.05, 3.63) is 88.4 Å². The third kappa shape index (κ3) is 11.5. The lowest BCUT2D eigenvalue weighted by atomic mass is 10.1. The van der Waals surface area contributed by atoms with Gasteiger partial charge in [0.15, 0.2) is 6.61 Å². The molecule has 0 aliphatic heterocycles. The van der Waals surface area contributed by atoms with Gasteiger partial charge in [0.1, 0.15) is 23.9 Å². The maximum absolute atomic E-state index is 12.1. The van der Waals surface area contributed by atoms with Crippen LogP contribution in [0.25, 0.3) is 0 Å². The van der Waals surface area contributed by atoms with Crippen molar-refractivity contribution in [1.29, 1.82) is 0 Å². The number of nitrogens with zero attached hydrogens (tertiary/aromatic N) is 1. The molecule has 0 radical (unpaired) electrons. The Morgan fingerprint density at radius 1 is 0.838 bits per heavy atom. The summed E-state index contributed by atoms with van der Waals surface area (Å²) in [6, 6.07) is 22.8. The molecule has 1 N–H and O–H groups in total. The molecule has 0 fully saturated rings. The Hall–Kier alpha value is -3.32. The van der Waals surface area contributed by atoms with Crippen molar-refractivity contribution in [1.82, 2.24) is 5.43 Å². The van der Waals surface area contributed by atoms with Crippen LogP contribution in [0.15, 0.2) is 82.4 Å². The van der Waals surface area contributed by atoms with E-state index in [1.54, 1.807) is 18.3 Å². The number of ether oxygens (including phenoxy) is 3. The third-order valence-electron chi connectivity index (χ3n) is 5.52. The van der Waals surface area contributed by atoms with Crippen molar-refractivity contribution in [2.45, 2.75) is 52.1 Å². The number of benzene rings is 3. The van der Waals surface area contributed by atoms with Crippen LogP contribution in [0.4, 0.5) is 0 Å². The van der Waals surface area contributed by atoms with Crippen LogP contribution in [0.3, 0.4) is 0 Å². The Morgan fingerprint density at radius 2 is 1.57 bits per heavy atom. The zero-order valence-corrected chi connectivity index (χ0v) is 22.9. The summed E-state index contributed by atoms with van der Waals surface area (Å²) < 4.78 is 18.2. The normalized spacial score (nSPS) is 10.9. The molecule has 0 aliphatic rings. The monoisotopic (exact) mass is 566 g/mol. The van der Waals surface area contributed by atoms with Crippen molar-refractivity contribution < 1.29 is 19.0 Å². The standard InChI is InChI=1S/C30H35BrN2O4/c1-2-3-4-5-6-7-18-35-27-14-16-28(17-15-27)37-23-30(34)33-32-21-24-10-9-13-29(20-24)36-22-25-11-8-12-26(31)19-25/h8-17,19-21H,2-7,18,22-23H2,1H3,(H,33,34). The summed E-state index contributed by atoms with van der Waals surface area (Å²) in [6.45, 7) is 3.26. The molecular weight excluding hydrogens is 532 g/mol. The Morgan fingerprint density at radius 3 is 2.35 bits per heavy atom. The second kappa shape index (κ2) is 16.4. The predicted molar refractivity (Wildman–Crippen MR) is 151 cm³/mol. The average Bonchev–Trinajstić information content (AvgIpc) is 2.91. The van der Waals surface area contributed by atoms with Gasteiger partial charge in [-0.2, -0.15) is 5.10 Å². The summed E-state index contributed by atoms with van der Waals surface area (Å²) in [6.07, 6.45) is 8.97. The van der Waals surface area contributed by atoms with Crippen LogP contribution in [-0.4, -0.2) is 25.3 Å². The van der Waals surface area contributed by atoms with Gasteiger partial charge >= 0.3 is 0 Å². The quantitative estimate of drug-likeness (QED) is 0.112. The highest BCUT2D eigenvalue weighted by Gasteiger charge is 2.03. The first-order valence-electron chi connectivity index (χ1n) is 12.8. The summed E-state index contributed by atoms with van der Waals surface area (Å²) in [7, 11) is 0. The SMILES string of the molecule is CCCCCCCCOc1ccc(OCC(=O)NN=Cc2cccc(OCc3cccc(Br)c3)c2)cc1. The van der Waals surface area contributed by atoms with E-state index in [0.717, 1.165) is 33.5 Å². The van der Waals surface area contributed by atoms with Crippen LogP contribution in [0.5, 0.6) is 17.2 Å². The molecule has 1 amide bonds. The van der Waals surface area contributed by atoms with Crippen molar-refractivity contribution in [2.75, 3.05) is 13.2 Å². The number of carbonyl (C=O) groups is 1. The third-order valence-corrected chi connectivity index (χ3v) is 6.01. The molecule has 0 aliphatic carbocycles. The Kier molecular flexibility index (Phi) is 12.5. The highest BCUT2D eigenvalue weighted by molar-refractivity contribution is 9.10. The maximum atomic E-state index is 12.1. The molecule has 3 aromatic rings. The van der Waals surface area contributed by atoms with Gasteiger partial charge in [-0.3, -0.25) is 4.79 Å². The minimum atomic E-state index is -0.346. The van der Waals surface area contributed by atoms with Crippen molar-refractivity contribution in [3.8, 4) is 17.2 Å². The molecule has 0 heterocycles. The topological polar surface area (TPSA) is 69.2 Å². The zero-order chi connectivity index (χ0) is 26.1.